The molecule has 1 spiro atoms. The minimum atomic E-state index is -0.759. The molecule has 124 valence electrons. The smallest absolute Gasteiger partial charge is 0.325 e. The average molecular weight is 318 g/mol. The predicted molar refractivity (Wildman–Crippen MR) is 84.2 cm³/mol. The highest BCUT2D eigenvalue weighted by Gasteiger charge is 2.49. The number of carbonyl (C=O) groups is 2. The molecule has 0 saturated carbocycles. The molecule has 6 heteroatoms. The summed E-state index contributed by atoms with van der Waals surface area (Å²) in [6, 6.07) is 7.21. The highest BCUT2D eigenvalue weighted by molar-refractivity contribution is 5.99. The van der Waals surface area contributed by atoms with Crippen LogP contribution in [0.5, 0.6) is 5.75 Å². The van der Waals surface area contributed by atoms with Crippen LogP contribution in [0.1, 0.15) is 30.1 Å². The third kappa shape index (κ3) is 2.79. The SMILES string of the molecule is CCN1CCC2(CC1)Oc1ccccc1C(=O)N2CC(=O)OC. The molecule has 1 fully saturated rings. The number of fused-ring (bicyclic) bond motifs is 1. The first-order valence-electron chi connectivity index (χ1n) is 7.99. The molecule has 23 heavy (non-hydrogen) atoms. The molecule has 1 aromatic rings. The highest BCUT2D eigenvalue weighted by atomic mass is 16.5. The van der Waals surface area contributed by atoms with Crippen molar-refractivity contribution < 1.29 is 19.1 Å². The van der Waals surface area contributed by atoms with Crippen LogP contribution in [-0.2, 0) is 9.53 Å². The molecule has 0 radical (unpaired) electrons. The molecule has 2 heterocycles. The van der Waals surface area contributed by atoms with Gasteiger partial charge in [-0.3, -0.25) is 14.5 Å². The number of esters is 1. The number of carbonyl (C=O) groups excluding carboxylic acids is 2. The zero-order valence-corrected chi connectivity index (χ0v) is 13.6. The number of rotatable bonds is 3. The zero-order valence-electron chi connectivity index (χ0n) is 13.6. The average Bonchev–Trinajstić information content (AvgIpc) is 2.59. The Labute approximate surface area is 136 Å². The first-order chi connectivity index (χ1) is 11.1. The van der Waals surface area contributed by atoms with Crippen LogP contribution < -0.4 is 4.74 Å². The Morgan fingerprint density at radius 2 is 2.00 bits per heavy atom. The molecule has 0 aliphatic carbocycles. The third-order valence-corrected chi connectivity index (χ3v) is 4.75. The van der Waals surface area contributed by atoms with Crippen molar-refractivity contribution >= 4 is 11.9 Å². The summed E-state index contributed by atoms with van der Waals surface area (Å²) in [6.45, 7) is 4.67. The van der Waals surface area contributed by atoms with Crippen molar-refractivity contribution in [1.82, 2.24) is 9.80 Å². The topological polar surface area (TPSA) is 59.1 Å². The van der Waals surface area contributed by atoms with Crippen LogP contribution in [0.4, 0.5) is 0 Å². The van der Waals surface area contributed by atoms with Crippen molar-refractivity contribution in [3.8, 4) is 5.75 Å². The lowest BCUT2D eigenvalue weighted by Gasteiger charge is -2.50. The molecular weight excluding hydrogens is 296 g/mol. The minimum Gasteiger partial charge on any atom is -0.468 e. The normalized spacial score (nSPS) is 20.1. The van der Waals surface area contributed by atoms with Crippen molar-refractivity contribution in [2.24, 2.45) is 0 Å². The van der Waals surface area contributed by atoms with Gasteiger partial charge in [0.25, 0.3) is 5.91 Å². The Bertz CT molecular complexity index is 608. The Balaban J connectivity index is 1.95. The molecule has 0 aromatic heterocycles. The number of likely N-dealkylation sites (tertiary alicyclic amines) is 1. The van der Waals surface area contributed by atoms with Gasteiger partial charge in [0, 0.05) is 25.9 Å². The standard InChI is InChI=1S/C17H22N2O4/c1-3-18-10-8-17(9-11-18)19(12-15(20)22-2)16(21)13-6-4-5-7-14(13)23-17/h4-7H,3,8-12H2,1-2H3. The molecule has 3 rings (SSSR count). The van der Waals surface area contributed by atoms with Gasteiger partial charge in [0.1, 0.15) is 12.3 Å². The molecule has 1 amide bonds. The highest BCUT2D eigenvalue weighted by Crippen LogP contribution is 2.39. The van der Waals surface area contributed by atoms with Crippen molar-refractivity contribution in [3.05, 3.63) is 29.8 Å². The van der Waals surface area contributed by atoms with E-state index in [9.17, 15) is 9.59 Å². The second kappa shape index (κ2) is 6.20. The summed E-state index contributed by atoms with van der Waals surface area (Å²) in [5.41, 5.74) is -0.259. The quantitative estimate of drug-likeness (QED) is 0.791. The van der Waals surface area contributed by atoms with E-state index in [0.717, 1.165) is 19.6 Å². The zero-order chi connectivity index (χ0) is 16.4. The summed E-state index contributed by atoms with van der Waals surface area (Å²) in [5.74, 6) is 0.00406. The molecule has 0 atom stereocenters. The van der Waals surface area contributed by atoms with Gasteiger partial charge in [0.05, 0.1) is 12.7 Å². The Morgan fingerprint density at radius 3 is 2.65 bits per heavy atom. The fraction of sp³-hybridized carbons (Fsp3) is 0.529. The van der Waals surface area contributed by atoms with E-state index in [-0.39, 0.29) is 12.5 Å². The molecule has 1 aromatic carbocycles. The fourth-order valence-corrected chi connectivity index (χ4v) is 3.32. The van der Waals surface area contributed by atoms with Gasteiger partial charge in [-0.2, -0.15) is 0 Å². The van der Waals surface area contributed by atoms with Gasteiger partial charge >= 0.3 is 5.97 Å². The molecule has 2 aliphatic rings. The maximum absolute atomic E-state index is 12.9. The summed E-state index contributed by atoms with van der Waals surface area (Å²) < 4.78 is 11.0. The van der Waals surface area contributed by atoms with E-state index in [0.29, 0.717) is 24.2 Å². The minimum absolute atomic E-state index is 0.0875. The lowest BCUT2D eigenvalue weighted by molar-refractivity contribution is -0.152. The van der Waals surface area contributed by atoms with E-state index in [1.54, 1.807) is 17.0 Å². The van der Waals surface area contributed by atoms with E-state index in [2.05, 4.69) is 11.8 Å². The van der Waals surface area contributed by atoms with Crippen LogP contribution in [0.2, 0.25) is 0 Å². The summed E-state index contributed by atoms with van der Waals surface area (Å²) in [4.78, 5) is 28.6. The lowest BCUT2D eigenvalue weighted by atomic mass is 9.94. The number of ether oxygens (including phenoxy) is 2. The van der Waals surface area contributed by atoms with E-state index in [1.165, 1.54) is 7.11 Å². The number of methoxy groups -OCH3 is 1. The molecule has 0 unspecified atom stereocenters. The second-order valence-electron chi connectivity index (χ2n) is 5.95. The van der Waals surface area contributed by atoms with Crippen molar-refractivity contribution in [1.29, 1.82) is 0 Å². The van der Waals surface area contributed by atoms with Crippen molar-refractivity contribution in [3.63, 3.8) is 0 Å². The van der Waals surface area contributed by atoms with Gasteiger partial charge in [-0.15, -0.1) is 0 Å². The van der Waals surface area contributed by atoms with Gasteiger partial charge in [0.15, 0.2) is 5.72 Å². The number of amides is 1. The number of para-hydroxylation sites is 1. The second-order valence-corrected chi connectivity index (χ2v) is 5.95. The fourth-order valence-electron chi connectivity index (χ4n) is 3.32. The number of nitrogens with zero attached hydrogens (tertiary/aromatic N) is 2. The summed E-state index contributed by atoms with van der Waals surface area (Å²) >= 11 is 0. The number of hydrogen-bond acceptors (Lipinski definition) is 5. The van der Waals surface area contributed by atoms with Crippen LogP contribution in [0.25, 0.3) is 0 Å². The maximum Gasteiger partial charge on any atom is 0.325 e. The Morgan fingerprint density at radius 1 is 1.30 bits per heavy atom. The van der Waals surface area contributed by atoms with Gasteiger partial charge < -0.3 is 14.4 Å². The van der Waals surface area contributed by atoms with Gasteiger partial charge in [-0.25, -0.2) is 0 Å². The summed E-state index contributed by atoms with van der Waals surface area (Å²) in [6.07, 6.45) is 1.36. The van der Waals surface area contributed by atoms with Crippen molar-refractivity contribution in [2.45, 2.75) is 25.5 Å². The lowest BCUT2D eigenvalue weighted by Crippen LogP contribution is -2.63. The summed E-state index contributed by atoms with van der Waals surface area (Å²) in [7, 11) is 1.33. The van der Waals surface area contributed by atoms with E-state index in [4.69, 9.17) is 9.47 Å². The molecule has 1 saturated heterocycles. The van der Waals surface area contributed by atoms with Crippen LogP contribution >= 0.6 is 0 Å². The molecule has 0 N–H and O–H groups in total. The van der Waals surface area contributed by atoms with Gasteiger partial charge in [-0.1, -0.05) is 19.1 Å². The number of hydrogen-bond donors (Lipinski definition) is 0. The molecule has 2 aliphatic heterocycles. The van der Waals surface area contributed by atoms with E-state index < -0.39 is 11.7 Å². The Hall–Kier alpha value is -2.08. The molecular formula is C17H22N2O4. The first kappa shape index (κ1) is 15.8. The number of benzene rings is 1. The maximum atomic E-state index is 12.9. The predicted octanol–water partition coefficient (Wildman–Crippen LogP) is 1.51. The van der Waals surface area contributed by atoms with E-state index >= 15 is 0 Å². The molecule has 0 bridgehead atoms. The van der Waals surface area contributed by atoms with Gasteiger partial charge in [-0.05, 0) is 18.7 Å². The Kier molecular flexibility index (Phi) is 4.26. The molecule has 6 nitrogen and oxygen atoms in total. The largest absolute Gasteiger partial charge is 0.468 e. The monoisotopic (exact) mass is 318 g/mol. The van der Waals surface area contributed by atoms with Crippen LogP contribution in [0, 0.1) is 0 Å². The number of piperidine rings is 1. The summed E-state index contributed by atoms with van der Waals surface area (Å²) in [5, 5.41) is 0. The van der Waals surface area contributed by atoms with Crippen LogP contribution in [0.3, 0.4) is 0 Å². The van der Waals surface area contributed by atoms with E-state index in [1.807, 2.05) is 12.1 Å². The third-order valence-electron chi connectivity index (χ3n) is 4.75. The van der Waals surface area contributed by atoms with Crippen LogP contribution in [0.15, 0.2) is 24.3 Å². The van der Waals surface area contributed by atoms with Crippen molar-refractivity contribution in [2.75, 3.05) is 33.3 Å². The van der Waals surface area contributed by atoms with Gasteiger partial charge in [0.2, 0.25) is 0 Å². The van der Waals surface area contributed by atoms with Crippen LogP contribution in [-0.4, -0.2) is 60.7 Å². The first-order valence-corrected chi connectivity index (χ1v) is 7.99.